The number of carboxylic acid groups (broad SMARTS) is 1. The first-order chi connectivity index (χ1) is 6.99. The van der Waals surface area contributed by atoms with Gasteiger partial charge >= 0.3 is 5.97 Å². The van der Waals surface area contributed by atoms with Crippen LogP contribution in [0.5, 0.6) is 0 Å². The van der Waals surface area contributed by atoms with E-state index in [1.165, 1.54) is 18.3 Å². The van der Waals surface area contributed by atoms with Gasteiger partial charge in [-0.1, -0.05) is 6.92 Å². The molecular formula is C9H11NO4S. The van der Waals surface area contributed by atoms with Gasteiger partial charge in [-0.3, -0.25) is 0 Å². The lowest BCUT2D eigenvalue weighted by molar-refractivity contribution is 0.0691. The SMILES string of the molecule is CCCS(=O)(=O)c1ncccc1C(=O)O. The molecule has 0 bridgehead atoms. The molecule has 0 aromatic carbocycles. The monoisotopic (exact) mass is 229 g/mol. The largest absolute Gasteiger partial charge is 0.478 e. The van der Waals surface area contributed by atoms with Crippen LogP contribution < -0.4 is 0 Å². The number of nitrogens with zero attached hydrogens (tertiary/aromatic N) is 1. The lowest BCUT2D eigenvalue weighted by Gasteiger charge is -2.04. The minimum absolute atomic E-state index is 0.0930. The van der Waals surface area contributed by atoms with Gasteiger partial charge < -0.3 is 5.11 Å². The zero-order valence-electron chi connectivity index (χ0n) is 8.17. The van der Waals surface area contributed by atoms with Gasteiger partial charge in [-0.2, -0.15) is 0 Å². The summed E-state index contributed by atoms with van der Waals surface area (Å²) in [5.41, 5.74) is -0.272. The molecule has 1 N–H and O–H groups in total. The molecule has 0 atom stereocenters. The molecule has 0 saturated heterocycles. The second-order valence-electron chi connectivity index (χ2n) is 2.98. The van der Waals surface area contributed by atoms with Gasteiger partial charge in [0, 0.05) is 6.20 Å². The van der Waals surface area contributed by atoms with E-state index in [1.54, 1.807) is 6.92 Å². The van der Waals surface area contributed by atoms with Gasteiger partial charge in [0.1, 0.15) is 0 Å². The third-order valence-electron chi connectivity index (χ3n) is 1.77. The highest BCUT2D eigenvalue weighted by Gasteiger charge is 2.22. The number of sulfone groups is 1. The fourth-order valence-electron chi connectivity index (χ4n) is 1.17. The predicted octanol–water partition coefficient (Wildman–Crippen LogP) is 0.964. The van der Waals surface area contributed by atoms with Crippen LogP contribution in [0.4, 0.5) is 0 Å². The zero-order chi connectivity index (χ0) is 11.5. The molecule has 1 heterocycles. The Morgan fingerprint density at radius 2 is 2.20 bits per heavy atom. The second kappa shape index (κ2) is 4.39. The molecule has 0 aliphatic rings. The Balaban J connectivity index is 3.31. The van der Waals surface area contributed by atoms with E-state index >= 15 is 0 Å². The van der Waals surface area contributed by atoms with E-state index < -0.39 is 15.8 Å². The summed E-state index contributed by atoms with van der Waals surface area (Å²) in [6, 6.07) is 2.63. The molecule has 6 heteroatoms. The van der Waals surface area contributed by atoms with E-state index in [0.717, 1.165) is 0 Å². The molecule has 0 spiro atoms. The van der Waals surface area contributed by atoms with E-state index in [9.17, 15) is 13.2 Å². The highest BCUT2D eigenvalue weighted by molar-refractivity contribution is 7.91. The summed E-state index contributed by atoms with van der Waals surface area (Å²) in [7, 11) is -3.58. The molecule has 0 aliphatic heterocycles. The van der Waals surface area contributed by atoms with Crippen molar-refractivity contribution < 1.29 is 18.3 Å². The maximum atomic E-state index is 11.6. The molecule has 0 saturated carbocycles. The summed E-state index contributed by atoms with van der Waals surface area (Å²) >= 11 is 0. The summed E-state index contributed by atoms with van der Waals surface area (Å²) in [6.45, 7) is 1.71. The third-order valence-corrected chi connectivity index (χ3v) is 3.63. The normalized spacial score (nSPS) is 11.3. The Morgan fingerprint density at radius 1 is 1.53 bits per heavy atom. The van der Waals surface area contributed by atoms with E-state index in [-0.39, 0.29) is 16.3 Å². The van der Waals surface area contributed by atoms with Crippen LogP contribution >= 0.6 is 0 Å². The number of carbonyl (C=O) groups is 1. The zero-order valence-corrected chi connectivity index (χ0v) is 8.99. The van der Waals surface area contributed by atoms with Crippen LogP contribution in [0.3, 0.4) is 0 Å². The fourth-order valence-corrected chi connectivity index (χ4v) is 2.61. The summed E-state index contributed by atoms with van der Waals surface area (Å²) in [6.07, 6.45) is 1.70. The quantitative estimate of drug-likeness (QED) is 0.831. The molecular weight excluding hydrogens is 218 g/mol. The van der Waals surface area contributed by atoms with Crippen LogP contribution in [-0.2, 0) is 9.84 Å². The lowest BCUT2D eigenvalue weighted by atomic mass is 10.3. The smallest absolute Gasteiger partial charge is 0.338 e. The van der Waals surface area contributed by atoms with Crippen molar-refractivity contribution in [3.05, 3.63) is 23.9 Å². The van der Waals surface area contributed by atoms with Crippen LogP contribution in [-0.4, -0.2) is 30.2 Å². The van der Waals surface area contributed by atoms with E-state index in [4.69, 9.17) is 5.11 Å². The predicted molar refractivity (Wildman–Crippen MR) is 53.5 cm³/mol. The summed E-state index contributed by atoms with van der Waals surface area (Å²) in [5.74, 6) is -1.37. The van der Waals surface area contributed by atoms with Gasteiger partial charge in [-0.15, -0.1) is 0 Å². The molecule has 0 amide bonds. The number of aromatic nitrogens is 1. The number of aromatic carboxylic acids is 1. The topological polar surface area (TPSA) is 84.3 Å². The molecule has 0 fully saturated rings. The van der Waals surface area contributed by atoms with Crippen LogP contribution in [0.15, 0.2) is 23.4 Å². The van der Waals surface area contributed by atoms with Crippen molar-refractivity contribution in [1.29, 1.82) is 0 Å². The van der Waals surface area contributed by atoms with Gasteiger partial charge in [0.25, 0.3) is 0 Å². The highest BCUT2D eigenvalue weighted by Crippen LogP contribution is 2.14. The van der Waals surface area contributed by atoms with E-state index in [1.807, 2.05) is 0 Å². The lowest BCUT2D eigenvalue weighted by Crippen LogP contribution is -2.13. The Hall–Kier alpha value is -1.43. The van der Waals surface area contributed by atoms with Crippen LogP contribution in [0.25, 0.3) is 0 Å². The van der Waals surface area contributed by atoms with Crippen molar-refractivity contribution >= 4 is 15.8 Å². The molecule has 82 valence electrons. The molecule has 1 aromatic heterocycles. The number of hydrogen-bond acceptors (Lipinski definition) is 4. The highest BCUT2D eigenvalue weighted by atomic mass is 32.2. The van der Waals surface area contributed by atoms with Crippen molar-refractivity contribution in [2.75, 3.05) is 5.75 Å². The van der Waals surface area contributed by atoms with Gasteiger partial charge in [-0.05, 0) is 18.6 Å². The van der Waals surface area contributed by atoms with E-state index in [0.29, 0.717) is 6.42 Å². The van der Waals surface area contributed by atoms with Gasteiger partial charge in [0.2, 0.25) is 0 Å². The van der Waals surface area contributed by atoms with Gasteiger partial charge in [0.05, 0.1) is 11.3 Å². The molecule has 0 aliphatic carbocycles. The van der Waals surface area contributed by atoms with Crippen LogP contribution in [0.1, 0.15) is 23.7 Å². The molecule has 1 aromatic rings. The van der Waals surface area contributed by atoms with Gasteiger partial charge in [0.15, 0.2) is 14.9 Å². The Labute approximate surface area is 87.7 Å². The first-order valence-electron chi connectivity index (χ1n) is 4.40. The summed E-state index contributed by atoms with van der Waals surface area (Å²) in [5, 5.41) is 8.44. The molecule has 0 unspecified atom stereocenters. The van der Waals surface area contributed by atoms with Crippen molar-refractivity contribution in [1.82, 2.24) is 4.98 Å². The molecule has 15 heavy (non-hydrogen) atoms. The minimum atomic E-state index is -3.58. The molecule has 1 rings (SSSR count). The Bertz CT molecular complexity index is 467. The average Bonchev–Trinajstić information content (AvgIpc) is 2.17. The summed E-state index contributed by atoms with van der Waals surface area (Å²) < 4.78 is 23.3. The average molecular weight is 229 g/mol. The number of carboxylic acids is 1. The maximum absolute atomic E-state index is 11.6. The number of rotatable bonds is 4. The standard InChI is InChI=1S/C9H11NO4S/c1-2-6-15(13,14)8-7(9(11)12)4-3-5-10-8/h3-5H,2,6H2,1H3,(H,11,12). The fraction of sp³-hybridized carbons (Fsp3) is 0.333. The maximum Gasteiger partial charge on any atom is 0.338 e. The summed E-state index contributed by atoms with van der Waals surface area (Å²) in [4.78, 5) is 14.4. The van der Waals surface area contributed by atoms with Crippen molar-refractivity contribution in [2.45, 2.75) is 18.4 Å². The minimum Gasteiger partial charge on any atom is -0.478 e. The van der Waals surface area contributed by atoms with Crippen molar-refractivity contribution in [3.63, 3.8) is 0 Å². The van der Waals surface area contributed by atoms with Gasteiger partial charge in [-0.25, -0.2) is 18.2 Å². The second-order valence-corrected chi connectivity index (χ2v) is 5.00. The Kier molecular flexibility index (Phi) is 3.41. The number of pyridine rings is 1. The van der Waals surface area contributed by atoms with Crippen molar-refractivity contribution in [3.8, 4) is 0 Å². The number of hydrogen-bond donors (Lipinski definition) is 1. The first kappa shape index (κ1) is 11.6. The first-order valence-corrected chi connectivity index (χ1v) is 6.05. The molecule has 0 radical (unpaired) electrons. The van der Waals surface area contributed by atoms with E-state index in [2.05, 4.69) is 4.98 Å². The van der Waals surface area contributed by atoms with Crippen LogP contribution in [0.2, 0.25) is 0 Å². The molecule has 5 nitrogen and oxygen atoms in total. The van der Waals surface area contributed by atoms with Crippen molar-refractivity contribution in [2.24, 2.45) is 0 Å². The van der Waals surface area contributed by atoms with Crippen LogP contribution in [0, 0.1) is 0 Å². The third kappa shape index (κ3) is 2.53. The Morgan fingerprint density at radius 3 is 2.73 bits per heavy atom.